The van der Waals surface area contributed by atoms with E-state index in [4.69, 9.17) is 8.39 Å². The van der Waals surface area contributed by atoms with Crippen molar-refractivity contribution in [2.75, 3.05) is 0 Å². The van der Waals surface area contributed by atoms with Gasteiger partial charge in [0.15, 0.2) is 0 Å². The molecule has 0 unspecified atom stereocenters. The fraction of sp³-hybridized carbons (Fsp3) is 0.0476. The summed E-state index contributed by atoms with van der Waals surface area (Å²) in [7, 11) is -1.03. The molecule has 0 bridgehead atoms. The van der Waals surface area contributed by atoms with Gasteiger partial charge in [0.1, 0.15) is 11.2 Å². The highest BCUT2D eigenvalue weighted by atomic mass is 79.9. The highest BCUT2D eigenvalue weighted by molar-refractivity contribution is 9.10. The van der Waals surface area contributed by atoms with E-state index in [-0.39, 0.29) is 0 Å². The minimum Gasteiger partial charge on any atom is -0.419 e. The largest absolute Gasteiger partial charge is 0.419 e. The maximum atomic E-state index is 6.17. The molecule has 0 amide bonds. The Morgan fingerprint density at radius 3 is 1.58 bits per heavy atom. The molecule has 1 aromatic heterocycles. The Hall–Kier alpha value is -1.74. The Kier molecular flexibility index (Phi) is 3.89. The van der Waals surface area contributed by atoms with E-state index < -0.39 is 8.01 Å². The van der Waals surface area contributed by atoms with E-state index >= 15 is 0 Å². The van der Waals surface area contributed by atoms with Gasteiger partial charge in [-0.05, 0) is 57.9 Å². The first-order chi connectivity index (χ1) is 12.6. The van der Waals surface area contributed by atoms with E-state index in [9.17, 15) is 0 Å². The number of hydrogen-bond donors (Lipinski definition) is 0. The second-order valence-electron chi connectivity index (χ2n) is 6.23. The van der Waals surface area contributed by atoms with E-state index in [0.29, 0.717) is 0 Å². The molecule has 0 saturated carbocycles. The van der Waals surface area contributed by atoms with Gasteiger partial charge in [0, 0.05) is 26.4 Å². The van der Waals surface area contributed by atoms with Gasteiger partial charge in [0.2, 0.25) is 8.01 Å². The van der Waals surface area contributed by atoms with Gasteiger partial charge in [-0.15, -0.1) is 0 Å². The second-order valence-corrected chi connectivity index (χ2v) is 9.31. The van der Waals surface area contributed by atoms with Gasteiger partial charge in [-0.25, -0.2) is 0 Å². The monoisotopic (exact) mass is 486 g/mol. The number of halogens is 2. The van der Waals surface area contributed by atoms with Gasteiger partial charge in [0.25, 0.3) is 0 Å². The van der Waals surface area contributed by atoms with E-state index in [1.807, 2.05) is 6.66 Å². The molecular weight excluding hydrogens is 475 g/mol. The van der Waals surface area contributed by atoms with Crippen molar-refractivity contribution in [1.29, 1.82) is 0 Å². The molecule has 26 heavy (non-hydrogen) atoms. The van der Waals surface area contributed by atoms with Crippen LogP contribution in [0.25, 0.3) is 43.5 Å². The first-order valence-corrected chi connectivity index (χ1v) is 11.4. The van der Waals surface area contributed by atoms with Crippen molar-refractivity contribution in [2.45, 2.75) is 0 Å². The zero-order chi connectivity index (χ0) is 17.8. The Morgan fingerprint density at radius 1 is 0.654 bits per heavy atom. The molecule has 5 heteroatoms. The number of hydrogen-bond acceptors (Lipinski definition) is 2. The van der Waals surface area contributed by atoms with Crippen LogP contribution >= 0.6 is 39.9 Å². The summed E-state index contributed by atoms with van der Waals surface area (Å²) in [6.07, 6.45) is 0. The number of benzene rings is 4. The summed E-state index contributed by atoms with van der Waals surface area (Å²) in [6.45, 7) is 1.99. The number of aryl methyl sites for hydroxylation is 1. The maximum Gasteiger partial charge on any atom is 0.213 e. The number of rotatable bonds is 0. The lowest BCUT2D eigenvalue weighted by Crippen LogP contribution is -1.81. The highest BCUT2D eigenvalue weighted by Gasteiger charge is 2.12. The van der Waals surface area contributed by atoms with Crippen LogP contribution in [0.15, 0.2) is 78.0 Å². The first kappa shape index (κ1) is 16.4. The molecule has 2 nitrogen and oxygen atoms in total. The summed E-state index contributed by atoms with van der Waals surface area (Å²) < 4.78 is 14.5. The van der Waals surface area contributed by atoms with Crippen LogP contribution in [0.1, 0.15) is 0 Å². The van der Waals surface area contributed by atoms with Gasteiger partial charge in [-0.3, -0.25) is 0 Å². The van der Waals surface area contributed by atoms with Crippen molar-refractivity contribution in [1.82, 2.24) is 0 Å². The van der Waals surface area contributed by atoms with Crippen molar-refractivity contribution in [3.63, 3.8) is 0 Å². The average molecular weight is 488 g/mol. The first-order valence-electron chi connectivity index (χ1n) is 8.15. The maximum absolute atomic E-state index is 6.17. The molecule has 0 aliphatic heterocycles. The summed E-state index contributed by atoms with van der Waals surface area (Å²) >= 11 is 7.15. The summed E-state index contributed by atoms with van der Waals surface area (Å²) in [6, 6.07) is 21.0. The zero-order valence-electron chi connectivity index (χ0n) is 13.8. The normalized spacial score (nSPS) is 11.7. The van der Waals surface area contributed by atoms with Crippen molar-refractivity contribution < 1.29 is 8.39 Å². The van der Waals surface area contributed by atoms with Gasteiger partial charge < -0.3 is 8.39 Å². The van der Waals surface area contributed by atoms with Gasteiger partial charge in [-0.1, -0.05) is 56.1 Å². The van der Waals surface area contributed by atoms with Gasteiger partial charge in [-0.2, -0.15) is 0 Å². The summed E-state index contributed by atoms with van der Waals surface area (Å²) in [5, 5.41) is 6.87. The minimum absolute atomic E-state index is 0.877. The third-order valence-corrected chi connectivity index (χ3v) is 6.49. The smallest absolute Gasteiger partial charge is 0.213 e. The predicted octanol–water partition coefficient (Wildman–Crippen LogP) is 8.66. The van der Waals surface area contributed by atoms with Crippen LogP contribution in [-0.4, -0.2) is 0 Å². The Morgan fingerprint density at radius 2 is 1.12 bits per heavy atom. The van der Waals surface area contributed by atoms with Crippen molar-refractivity contribution in [2.24, 2.45) is 6.66 Å². The Labute approximate surface area is 167 Å². The molecule has 0 aliphatic carbocycles. The lowest BCUT2D eigenvalue weighted by Gasteiger charge is -2.06. The fourth-order valence-electron chi connectivity index (χ4n) is 3.52. The summed E-state index contributed by atoms with van der Waals surface area (Å²) in [4.78, 5) is 0. The van der Waals surface area contributed by atoms with E-state index in [1.54, 1.807) is 0 Å². The van der Waals surface area contributed by atoms with Crippen LogP contribution in [0, 0.1) is 0 Å². The quantitative estimate of drug-likeness (QED) is 0.218. The molecule has 0 saturated heterocycles. The highest BCUT2D eigenvalue weighted by Crippen LogP contribution is 2.40. The van der Waals surface area contributed by atoms with Crippen LogP contribution in [0.3, 0.4) is 0 Å². The van der Waals surface area contributed by atoms with E-state index in [2.05, 4.69) is 92.5 Å². The Balaban J connectivity index is 2.17. The SMILES string of the molecule is Cp1oc2ccc3cc(Br)ccc3c2c2c(ccc3cc(Br)ccc32)o1. The minimum atomic E-state index is -1.03. The fourth-order valence-corrected chi connectivity index (χ4v) is 5.18. The van der Waals surface area contributed by atoms with E-state index in [0.717, 1.165) is 41.7 Å². The Bertz CT molecular complexity index is 1270. The molecule has 0 radical (unpaired) electrons. The third kappa shape index (κ3) is 2.60. The van der Waals surface area contributed by atoms with Crippen LogP contribution in [0.4, 0.5) is 0 Å². The van der Waals surface area contributed by atoms with Crippen molar-refractivity contribution >= 4 is 83.4 Å². The predicted molar refractivity (Wildman–Crippen MR) is 118 cm³/mol. The number of fused-ring (bicyclic) bond motifs is 7. The molecule has 0 aliphatic rings. The standard InChI is InChI=1S/C21H13Br2O2P/c1-26-24-18-8-2-12-10-14(22)4-6-16(12)20(18)21-17-7-5-15(23)11-13(17)3-9-19(21)25-26/h2-11H,1H3. The molecule has 0 atom stereocenters. The second kappa shape index (κ2) is 6.16. The molecule has 0 N–H and O–H groups in total. The molecule has 5 rings (SSSR count). The summed E-state index contributed by atoms with van der Waals surface area (Å²) in [5.41, 5.74) is 1.75. The molecule has 0 spiro atoms. The van der Waals surface area contributed by atoms with E-state index in [1.165, 1.54) is 10.8 Å². The molecule has 1 heterocycles. The molecule has 4 aromatic carbocycles. The summed E-state index contributed by atoms with van der Waals surface area (Å²) in [5.74, 6) is 0. The molecule has 128 valence electrons. The lowest BCUT2D eigenvalue weighted by atomic mass is 9.99. The zero-order valence-corrected chi connectivity index (χ0v) is 17.9. The van der Waals surface area contributed by atoms with Gasteiger partial charge >= 0.3 is 0 Å². The third-order valence-electron chi connectivity index (χ3n) is 4.59. The lowest BCUT2D eigenvalue weighted by molar-refractivity contribution is 0.644. The van der Waals surface area contributed by atoms with Gasteiger partial charge in [0.05, 0.1) is 0 Å². The van der Waals surface area contributed by atoms with Crippen LogP contribution in [-0.2, 0) is 6.66 Å². The molecule has 0 fully saturated rings. The van der Waals surface area contributed by atoms with Crippen LogP contribution < -0.4 is 0 Å². The van der Waals surface area contributed by atoms with Crippen molar-refractivity contribution in [3.8, 4) is 0 Å². The molecule has 5 aromatic rings. The van der Waals surface area contributed by atoms with Crippen LogP contribution in [0.5, 0.6) is 0 Å². The van der Waals surface area contributed by atoms with Crippen LogP contribution in [0.2, 0.25) is 0 Å². The average Bonchev–Trinajstić information content (AvgIpc) is 2.76. The topological polar surface area (TPSA) is 26.3 Å². The molecular formula is C21H13Br2O2P. The van der Waals surface area contributed by atoms with Crippen molar-refractivity contribution in [3.05, 3.63) is 69.6 Å².